The van der Waals surface area contributed by atoms with Gasteiger partial charge in [0, 0.05) is 6.42 Å². The van der Waals surface area contributed by atoms with Crippen LogP contribution in [0.2, 0.25) is 14.8 Å². The van der Waals surface area contributed by atoms with Gasteiger partial charge in [0.25, 0.3) is 0 Å². The van der Waals surface area contributed by atoms with Crippen molar-refractivity contribution >= 4 is 51.8 Å². The molecule has 0 unspecified atom stereocenters. The molecule has 0 spiro atoms. The Balaban J connectivity index is 2.61. The second-order valence-electron chi connectivity index (χ2n) is 11.5. The fourth-order valence-electron chi connectivity index (χ4n) is 3.58. The van der Waals surface area contributed by atoms with Gasteiger partial charge in [0.05, 0.1) is 0 Å². The number of carboxylic acids is 2. The number of rotatable bonds is 15. The molecular formula is C27H43N3O8Sn. The molecule has 0 aliphatic rings. The number of carboxylic acid groups (broad SMARTS) is 2. The Bertz CT molecular complexity index is 1000. The van der Waals surface area contributed by atoms with Crippen molar-refractivity contribution in [2.45, 2.75) is 91.8 Å². The van der Waals surface area contributed by atoms with Crippen LogP contribution in [0.4, 0.5) is 4.79 Å². The second-order valence-corrected chi connectivity index (χ2v) is 26.0. The van der Waals surface area contributed by atoms with Crippen LogP contribution >= 0.6 is 0 Å². The first-order chi connectivity index (χ1) is 18.0. The zero-order valence-electron chi connectivity index (χ0n) is 23.8. The van der Waals surface area contributed by atoms with Crippen LogP contribution in [-0.4, -0.2) is 82.7 Å². The molecule has 0 radical (unpaired) electrons. The van der Waals surface area contributed by atoms with Gasteiger partial charge in [-0.1, -0.05) is 0 Å². The van der Waals surface area contributed by atoms with E-state index in [-0.39, 0.29) is 25.2 Å². The third-order valence-electron chi connectivity index (χ3n) is 5.67. The molecule has 11 nitrogen and oxygen atoms in total. The van der Waals surface area contributed by atoms with Gasteiger partial charge in [-0.2, -0.15) is 0 Å². The number of hydrogen-bond donors (Lipinski definition) is 5. The minimum Gasteiger partial charge on any atom is -0.481 e. The predicted molar refractivity (Wildman–Crippen MR) is 150 cm³/mol. The third-order valence-corrected chi connectivity index (χ3v) is 11.6. The molecule has 12 heteroatoms. The Morgan fingerprint density at radius 3 is 2.00 bits per heavy atom. The number of amides is 3. The van der Waals surface area contributed by atoms with Crippen molar-refractivity contribution in [2.24, 2.45) is 0 Å². The molecule has 1 aromatic carbocycles. The number of carbonyl (C=O) groups is 5. The first-order valence-electron chi connectivity index (χ1n) is 13.1. The van der Waals surface area contributed by atoms with Gasteiger partial charge in [0.2, 0.25) is 0 Å². The molecule has 1 aromatic rings. The van der Waals surface area contributed by atoms with Gasteiger partial charge in [0.1, 0.15) is 11.6 Å². The van der Waals surface area contributed by atoms with E-state index in [1.807, 2.05) is 12.1 Å². The van der Waals surface area contributed by atoms with Gasteiger partial charge < -0.3 is 25.6 Å². The minimum atomic E-state index is -2.13. The molecule has 1 rings (SSSR count). The molecule has 5 N–H and O–H groups in total. The van der Waals surface area contributed by atoms with E-state index in [1.54, 1.807) is 20.8 Å². The molecule has 0 saturated heterocycles. The smallest absolute Gasteiger partial charge is 0.326 e. The van der Waals surface area contributed by atoms with Crippen LogP contribution in [0.5, 0.6) is 0 Å². The van der Waals surface area contributed by atoms with E-state index >= 15 is 0 Å². The van der Waals surface area contributed by atoms with Crippen LogP contribution in [0, 0.1) is 0 Å². The van der Waals surface area contributed by atoms with Crippen molar-refractivity contribution in [3.05, 3.63) is 29.8 Å². The number of nitrogens with one attached hydrogen (secondary N) is 3. The molecule has 0 bridgehead atoms. The number of ether oxygens (including phenoxy) is 1. The van der Waals surface area contributed by atoms with E-state index in [9.17, 15) is 29.1 Å². The van der Waals surface area contributed by atoms with Crippen molar-refractivity contribution in [1.29, 1.82) is 0 Å². The maximum atomic E-state index is 12.7. The van der Waals surface area contributed by atoms with E-state index in [2.05, 4.69) is 42.9 Å². The maximum Gasteiger partial charge on any atom is 0.326 e. The van der Waals surface area contributed by atoms with Crippen molar-refractivity contribution in [3.8, 4) is 0 Å². The van der Waals surface area contributed by atoms with E-state index in [1.165, 1.54) is 3.58 Å². The van der Waals surface area contributed by atoms with Gasteiger partial charge in [-0.25, -0.2) is 14.4 Å². The van der Waals surface area contributed by atoms with Crippen LogP contribution in [-0.2, 0) is 30.3 Å². The summed E-state index contributed by atoms with van der Waals surface area (Å²) in [4.78, 5) is 66.5. The normalized spacial score (nSPS) is 13.1. The molecule has 0 heterocycles. The Labute approximate surface area is 234 Å². The van der Waals surface area contributed by atoms with E-state index < -0.39 is 66.4 Å². The third kappa shape index (κ3) is 14.8. The van der Waals surface area contributed by atoms with Crippen LogP contribution < -0.4 is 19.5 Å². The van der Waals surface area contributed by atoms with Crippen molar-refractivity contribution in [1.82, 2.24) is 16.0 Å². The number of benzene rings is 1. The molecule has 2 atom stereocenters. The summed E-state index contributed by atoms with van der Waals surface area (Å²) in [5.74, 6) is -3.36. The number of esters is 1. The molecule has 218 valence electrons. The first-order valence-corrected chi connectivity index (χ1v) is 23.1. The summed E-state index contributed by atoms with van der Waals surface area (Å²) in [6.45, 7) is 5.44. The van der Waals surface area contributed by atoms with Gasteiger partial charge >= 0.3 is 145 Å². The summed E-state index contributed by atoms with van der Waals surface area (Å²) in [5, 5.41) is 25.5. The summed E-state index contributed by atoms with van der Waals surface area (Å²) < 4.78 is 6.78. The molecule has 0 aromatic heterocycles. The fraction of sp³-hybridized carbons (Fsp3) is 0.593. The quantitative estimate of drug-likeness (QED) is 0.109. The van der Waals surface area contributed by atoms with Crippen LogP contribution in [0.15, 0.2) is 24.3 Å². The summed E-state index contributed by atoms with van der Waals surface area (Å²) in [7, 11) is 0. The monoisotopic (exact) mass is 657 g/mol. The van der Waals surface area contributed by atoms with Crippen molar-refractivity contribution in [2.75, 3.05) is 6.54 Å². The van der Waals surface area contributed by atoms with Crippen molar-refractivity contribution < 1.29 is 38.9 Å². The zero-order chi connectivity index (χ0) is 29.8. The standard InChI is InChI=1S/C24H34N3O8.3CH3.Sn/c1-24(2,3)35-22(33)18(27-23(34)26-17(21(31)32)12-13-20(29)30)11-7-8-14-25-19(28)15-16-9-5-4-6-10-16;;;;/h5-6,9-10,17-18H,7-8,11-15H2,1-3H3,(H,25,28)(H,29,30)(H,31,32)(H2,26,27,34);3*1H3;/t17-,18-;;;;/m0..../s1. The zero-order valence-corrected chi connectivity index (χ0v) is 26.6. The van der Waals surface area contributed by atoms with E-state index in [4.69, 9.17) is 9.84 Å². The number of carbonyl (C=O) groups excluding carboxylic acids is 3. The van der Waals surface area contributed by atoms with E-state index in [0.717, 1.165) is 5.56 Å². The van der Waals surface area contributed by atoms with Crippen molar-refractivity contribution in [3.63, 3.8) is 0 Å². The Morgan fingerprint density at radius 2 is 1.49 bits per heavy atom. The largest absolute Gasteiger partial charge is 0.481 e. The number of unbranched alkanes of at least 4 members (excludes halogenated alkanes) is 1. The maximum absolute atomic E-state index is 12.7. The Hall–Kier alpha value is -2.83. The molecule has 0 fully saturated rings. The number of urea groups is 1. The molecule has 0 aliphatic heterocycles. The van der Waals surface area contributed by atoms with E-state index in [0.29, 0.717) is 19.4 Å². The Morgan fingerprint density at radius 1 is 0.897 bits per heavy atom. The second kappa shape index (κ2) is 15.7. The van der Waals surface area contributed by atoms with Gasteiger partial charge in [-0.15, -0.1) is 0 Å². The molecular weight excluding hydrogens is 613 g/mol. The summed E-state index contributed by atoms with van der Waals surface area (Å²) in [6, 6.07) is 4.82. The van der Waals surface area contributed by atoms with Crippen LogP contribution in [0.3, 0.4) is 0 Å². The van der Waals surface area contributed by atoms with Gasteiger partial charge in [-0.3, -0.25) is 4.79 Å². The summed E-state index contributed by atoms with van der Waals surface area (Å²) in [5.41, 5.74) is 0.135. The van der Waals surface area contributed by atoms with Crippen LogP contribution in [0.1, 0.15) is 58.4 Å². The van der Waals surface area contributed by atoms with Gasteiger partial charge in [0.15, 0.2) is 0 Å². The first kappa shape index (κ1) is 34.2. The topological polar surface area (TPSA) is 171 Å². The predicted octanol–water partition coefficient (Wildman–Crippen LogP) is 2.39. The SMILES string of the molecule is CC(C)(C)OC(=O)[C@H](CCCCNC(=O)Cc1cc[c]([Sn]([CH3])([CH3])[CH3])cc1)NC(=O)N[C@@H](CCC(=O)O)C(=O)O. The average molecular weight is 656 g/mol. The Kier molecular flexibility index (Phi) is 13.8. The molecule has 0 aliphatic carbocycles. The average Bonchev–Trinajstić information content (AvgIpc) is 2.79. The van der Waals surface area contributed by atoms with Gasteiger partial charge in [-0.05, 0) is 27.2 Å². The minimum absolute atomic E-state index is 0.107. The number of hydrogen-bond acceptors (Lipinski definition) is 6. The summed E-state index contributed by atoms with van der Waals surface area (Å²) >= 11 is -2.13. The van der Waals surface area contributed by atoms with Crippen LogP contribution in [0.25, 0.3) is 0 Å². The number of aliphatic carboxylic acids is 2. The molecule has 39 heavy (non-hydrogen) atoms. The summed E-state index contributed by atoms with van der Waals surface area (Å²) in [6.07, 6.45) is 0.739. The molecule has 0 saturated carbocycles. The fourth-order valence-corrected chi connectivity index (χ4v) is 6.91. The molecule has 3 amide bonds.